The molecule has 1 aromatic carbocycles. The molecule has 3 heteroatoms. The lowest BCUT2D eigenvalue weighted by atomic mass is 10.1. The number of rotatable bonds is 3. The lowest BCUT2D eigenvalue weighted by Gasteiger charge is -2.06. The van der Waals surface area contributed by atoms with Gasteiger partial charge >= 0.3 is 0 Å². The summed E-state index contributed by atoms with van der Waals surface area (Å²) in [6.45, 7) is 3.87. The number of aryl methyl sites for hydroxylation is 1. The van der Waals surface area contributed by atoms with E-state index in [-0.39, 0.29) is 5.56 Å². The van der Waals surface area contributed by atoms with Gasteiger partial charge in [-0.2, -0.15) is 0 Å². The van der Waals surface area contributed by atoms with Crippen LogP contribution < -0.4 is 5.56 Å². The predicted octanol–water partition coefficient (Wildman–Crippen LogP) is 3.19. The standard InChI is InChI=1S/C16H18N2O/c1-3-14-10(2)17-15(18-16(14)19)13-8-6-12(7-9-13)11-4-5-11/h6-9,11H,3-5H2,1-2H3,(H,17,18,19). The highest BCUT2D eigenvalue weighted by molar-refractivity contribution is 5.56. The second-order valence-electron chi connectivity index (χ2n) is 5.23. The SMILES string of the molecule is CCc1c(C)nc(-c2ccc(C3CC3)cc2)[nH]c1=O. The van der Waals surface area contributed by atoms with Gasteiger partial charge in [-0.15, -0.1) is 0 Å². The fourth-order valence-corrected chi connectivity index (χ4v) is 2.49. The number of H-pyrrole nitrogens is 1. The van der Waals surface area contributed by atoms with Crippen LogP contribution in [0.3, 0.4) is 0 Å². The highest BCUT2D eigenvalue weighted by Gasteiger charge is 2.23. The van der Waals surface area contributed by atoms with Crippen LogP contribution in [0.2, 0.25) is 0 Å². The highest BCUT2D eigenvalue weighted by Crippen LogP contribution is 2.40. The van der Waals surface area contributed by atoms with E-state index in [9.17, 15) is 4.79 Å². The Kier molecular flexibility index (Phi) is 2.97. The highest BCUT2D eigenvalue weighted by atomic mass is 16.1. The van der Waals surface area contributed by atoms with E-state index in [1.807, 2.05) is 13.8 Å². The summed E-state index contributed by atoms with van der Waals surface area (Å²) < 4.78 is 0. The minimum Gasteiger partial charge on any atom is -0.306 e. The van der Waals surface area contributed by atoms with Gasteiger partial charge in [0.25, 0.3) is 5.56 Å². The molecule has 0 spiro atoms. The molecule has 1 saturated carbocycles. The van der Waals surface area contributed by atoms with Gasteiger partial charge in [0.1, 0.15) is 5.82 Å². The maximum Gasteiger partial charge on any atom is 0.254 e. The fraction of sp³-hybridized carbons (Fsp3) is 0.375. The molecule has 3 nitrogen and oxygen atoms in total. The molecule has 1 fully saturated rings. The van der Waals surface area contributed by atoms with Gasteiger partial charge < -0.3 is 4.98 Å². The first-order chi connectivity index (χ1) is 9.19. The van der Waals surface area contributed by atoms with Crippen molar-refractivity contribution in [1.29, 1.82) is 0 Å². The van der Waals surface area contributed by atoms with Crippen LogP contribution in [0.5, 0.6) is 0 Å². The Balaban J connectivity index is 1.99. The Bertz CT molecular complexity index is 651. The molecule has 0 saturated heterocycles. The second kappa shape index (κ2) is 4.65. The van der Waals surface area contributed by atoms with E-state index in [0.717, 1.165) is 29.2 Å². The number of aromatic amines is 1. The minimum atomic E-state index is -0.0173. The third kappa shape index (κ3) is 2.33. The molecule has 19 heavy (non-hydrogen) atoms. The molecule has 1 heterocycles. The summed E-state index contributed by atoms with van der Waals surface area (Å²) in [7, 11) is 0. The molecule has 1 aliphatic rings. The molecule has 0 radical (unpaired) electrons. The van der Waals surface area contributed by atoms with E-state index in [1.54, 1.807) is 0 Å². The van der Waals surface area contributed by atoms with Gasteiger partial charge in [0.05, 0.1) is 0 Å². The van der Waals surface area contributed by atoms with E-state index in [0.29, 0.717) is 5.82 Å². The third-order valence-corrected chi connectivity index (χ3v) is 3.81. The van der Waals surface area contributed by atoms with Crippen LogP contribution in [0, 0.1) is 6.92 Å². The van der Waals surface area contributed by atoms with Gasteiger partial charge in [-0.05, 0) is 37.7 Å². The zero-order valence-electron chi connectivity index (χ0n) is 11.4. The molecule has 0 aliphatic heterocycles. The quantitative estimate of drug-likeness (QED) is 0.914. The first kappa shape index (κ1) is 12.2. The average Bonchev–Trinajstić information content (AvgIpc) is 3.23. The van der Waals surface area contributed by atoms with Crippen molar-refractivity contribution in [2.45, 2.75) is 39.0 Å². The molecule has 98 valence electrons. The van der Waals surface area contributed by atoms with Gasteiger partial charge in [-0.25, -0.2) is 4.98 Å². The Morgan fingerprint density at radius 3 is 2.47 bits per heavy atom. The van der Waals surface area contributed by atoms with Crippen molar-refractivity contribution >= 4 is 0 Å². The van der Waals surface area contributed by atoms with E-state index >= 15 is 0 Å². The third-order valence-electron chi connectivity index (χ3n) is 3.81. The van der Waals surface area contributed by atoms with E-state index in [4.69, 9.17) is 0 Å². The van der Waals surface area contributed by atoms with E-state index < -0.39 is 0 Å². The number of hydrogen-bond acceptors (Lipinski definition) is 2. The topological polar surface area (TPSA) is 45.8 Å². The smallest absolute Gasteiger partial charge is 0.254 e. The first-order valence-corrected chi connectivity index (χ1v) is 6.89. The molecule has 0 bridgehead atoms. The van der Waals surface area contributed by atoms with Gasteiger partial charge in [0, 0.05) is 16.8 Å². The molecular weight excluding hydrogens is 236 g/mol. The Morgan fingerprint density at radius 1 is 1.26 bits per heavy atom. The van der Waals surface area contributed by atoms with Crippen molar-refractivity contribution in [1.82, 2.24) is 9.97 Å². The molecule has 2 aromatic rings. The average molecular weight is 254 g/mol. The summed E-state index contributed by atoms with van der Waals surface area (Å²) in [5.74, 6) is 1.42. The largest absolute Gasteiger partial charge is 0.306 e. The minimum absolute atomic E-state index is 0.0173. The van der Waals surface area contributed by atoms with Gasteiger partial charge in [0.15, 0.2) is 0 Å². The normalized spacial score (nSPS) is 14.6. The van der Waals surface area contributed by atoms with Crippen molar-refractivity contribution in [2.75, 3.05) is 0 Å². The molecule has 1 aliphatic carbocycles. The summed E-state index contributed by atoms with van der Waals surface area (Å²) in [5, 5.41) is 0. The van der Waals surface area contributed by atoms with Gasteiger partial charge in [0.2, 0.25) is 0 Å². The Labute approximate surface area is 112 Å². The van der Waals surface area contributed by atoms with Crippen molar-refractivity contribution in [3.8, 4) is 11.4 Å². The molecule has 3 rings (SSSR count). The van der Waals surface area contributed by atoms with Crippen molar-refractivity contribution < 1.29 is 0 Å². The van der Waals surface area contributed by atoms with Crippen molar-refractivity contribution in [3.05, 3.63) is 51.4 Å². The lowest BCUT2D eigenvalue weighted by molar-refractivity contribution is 0.967. The first-order valence-electron chi connectivity index (χ1n) is 6.89. The molecular formula is C16H18N2O. The maximum atomic E-state index is 12.0. The van der Waals surface area contributed by atoms with Crippen LogP contribution in [0.25, 0.3) is 11.4 Å². The lowest BCUT2D eigenvalue weighted by Crippen LogP contribution is -2.16. The number of benzene rings is 1. The van der Waals surface area contributed by atoms with Crippen LogP contribution in [0.4, 0.5) is 0 Å². The molecule has 0 atom stereocenters. The number of nitrogens with one attached hydrogen (secondary N) is 1. The maximum absolute atomic E-state index is 12.0. The van der Waals surface area contributed by atoms with Gasteiger partial charge in [-0.3, -0.25) is 4.79 Å². The fourth-order valence-electron chi connectivity index (χ4n) is 2.49. The molecule has 1 aromatic heterocycles. The summed E-state index contributed by atoms with van der Waals surface area (Å²) in [6, 6.07) is 8.40. The second-order valence-corrected chi connectivity index (χ2v) is 5.23. The summed E-state index contributed by atoms with van der Waals surface area (Å²) in [5.41, 5.74) is 3.96. The summed E-state index contributed by atoms with van der Waals surface area (Å²) in [4.78, 5) is 19.3. The monoisotopic (exact) mass is 254 g/mol. The number of aromatic nitrogens is 2. The van der Waals surface area contributed by atoms with Crippen molar-refractivity contribution in [2.24, 2.45) is 0 Å². The zero-order chi connectivity index (χ0) is 13.4. The van der Waals surface area contributed by atoms with E-state index in [2.05, 4.69) is 34.2 Å². The predicted molar refractivity (Wildman–Crippen MR) is 76.4 cm³/mol. The van der Waals surface area contributed by atoms with Crippen LogP contribution >= 0.6 is 0 Å². The summed E-state index contributed by atoms with van der Waals surface area (Å²) in [6.07, 6.45) is 3.33. The molecule has 0 amide bonds. The van der Waals surface area contributed by atoms with Crippen LogP contribution in [0.1, 0.15) is 42.5 Å². The summed E-state index contributed by atoms with van der Waals surface area (Å²) >= 11 is 0. The van der Waals surface area contributed by atoms with E-state index in [1.165, 1.54) is 18.4 Å². The van der Waals surface area contributed by atoms with Crippen molar-refractivity contribution in [3.63, 3.8) is 0 Å². The Hall–Kier alpha value is -1.90. The van der Waals surface area contributed by atoms with Crippen LogP contribution in [-0.2, 0) is 6.42 Å². The zero-order valence-corrected chi connectivity index (χ0v) is 11.4. The van der Waals surface area contributed by atoms with Crippen LogP contribution in [0.15, 0.2) is 29.1 Å². The van der Waals surface area contributed by atoms with Gasteiger partial charge in [-0.1, -0.05) is 31.2 Å². The number of hydrogen-bond donors (Lipinski definition) is 1. The molecule has 0 unspecified atom stereocenters. The molecule has 1 N–H and O–H groups in total. The van der Waals surface area contributed by atoms with Crippen LogP contribution in [-0.4, -0.2) is 9.97 Å². The number of nitrogens with zero attached hydrogens (tertiary/aromatic N) is 1. The Morgan fingerprint density at radius 2 is 1.95 bits per heavy atom.